The van der Waals surface area contributed by atoms with Crippen molar-refractivity contribution in [3.05, 3.63) is 111 Å². The molecule has 1 atom stereocenters. The van der Waals surface area contributed by atoms with Crippen LogP contribution < -0.4 is 10.1 Å². The summed E-state index contributed by atoms with van der Waals surface area (Å²) in [5.41, 5.74) is 3.25. The van der Waals surface area contributed by atoms with E-state index in [4.69, 9.17) is 4.74 Å². The number of rotatable bonds is 6. The van der Waals surface area contributed by atoms with Gasteiger partial charge >= 0.3 is 0 Å². The van der Waals surface area contributed by atoms with Gasteiger partial charge in [-0.2, -0.15) is 0 Å². The maximum Gasteiger partial charge on any atom is 0.255 e. The first-order valence-corrected chi connectivity index (χ1v) is 12.4. The molecule has 3 aromatic carbocycles. The van der Waals surface area contributed by atoms with E-state index in [9.17, 15) is 18.8 Å². The van der Waals surface area contributed by atoms with E-state index < -0.39 is 17.8 Å². The average Bonchev–Trinajstić information content (AvgIpc) is 3.56. The van der Waals surface area contributed by atoms with Gasteiger partial charge in [0.2, 0.25) is 0 Å². The predicted molar refractivity (Wildman–Crippen MR) is 141 cm³/mol. The van der Waals surface area contributed by atoms with Crippen molar-refractivity contribution in [2.75, 3.05) is 12.4 Å². The van der Waals surface area contributed by atoms with Crippen molar-refractivity contribution in [2.24, 2.45) is 0 Å². The van der Waals surface area contributed by atoms with Crippen molar-refractivity contribution in [3.63, 3.8) is 0 Å². The first-order chi connectivity index (χ1) is 18.5. The third-order valence-corrected chi connectivity index (χ3v) is 6.74. The summed E-state index contributed by atoms with van der Waals surface area (Å²) in [4.78, 5) is 43.4. The molecule has 0 aliphatic carbocycles. The molecule has 4 aromatic rings. The molecule has 0 bridgehead atoms. The number of amides is 2. The van der Waals surface area contributed by atoms with Gasteiger partial charge in [-0.1, -0.05) is 30.0 Å². The summed E-state index contributed by atoms with van der Waals surface area (Å²) in [7, 11) is 1.42. The van der Waals surface area contributed by atoms with Gasteiger partial charge in [0, 0.05) is 45.9 Å². The Bertz CT molecular complexity index is 1590. The van der Waals surface area contributed by atoms with Gasteiger partial charge in [0.1, 0.15) is 23.9 Å². The summed E-state index contributed by atoms with van der Waals surface area (Å²) >= 11 is 1.23. The average molecular weight is 526 g/mol. The Kier molecular flexibility index (Phi) is 6.98. The fraction of sp³-hybridized carbons (Fsp3) is 0.103. The van der Waals surface area contributed by atoms with Crippen LogP contribution in [0.2, 0.25) is 0 Å². The molecule has 0 saturated heterocycles. The minimum atomic E-state index is -1.17. The number of methoxy groups -OCH3 is 1. The van der Waals surface area contributed by atoms with Gasteiger partial charge in [-0.05, 0) is 48.0 Å². The standard InChI is InChI=1S/C29H20FN3O4S/c1-37-25-11-10-22(30)15-24(25)26(27(35)32-29-31-12-13-38-29)33-16-21-9-8-19(14-23(21)28(33)36)5-2-18-3-6-20(17-34)7-4-18/h3-4,6-15,17,26H,16H2,1H3,(H,31,32,35). The zero-order valence-corrected chi connectivity index (χ0v) is 20.9. The summed E-state index contributed by atoms with van der Waals surface area (Å²) in [6, 6.07) is 14.8. The summed E-state index contributed by atoms with van der Waals surface area (Å²) in [5, 5.41) is 4.80. The van der Waals surface area contributed by atoms with E-state index in [-0.39, 0.29) is 23.8 Å². The first-order valence-electron chi connectivity index (χ1n) is 11.5. The molecule has 1 unspecified atom stereocenters. The largest absolute Gasteiger partial charge is 0.496 e. The van der Waals surface area contributed by atoms with E-state index >= 15 is 0 Å². The number of halogens is 1. The van der Waals surface area contributed by atoms with Crippen LogP contribution >= 0.6 is 11.3 Å². The van der Waals surface area contributed by atoms with Crippen LogP contribution in [0.15, 0.2) is 72.2 Å². The molecule has 2 heterocycles. The van der Waals surface area contributed by atoms with Crippen LogP contribution in [0.5, 0.6) is 5.75 Å². The number of thiazole rings is 1. The van der Waals surface area contributed by atoms with Crippen molar-refractivity contribution in [2.45, 2.75) is 12.6 Å². The molecule has 1 aliphatic heterocycles. The molecule has 2 amide bonds. The van der Waals surface area contributed by atoms with Gasteiger partial charge < -0.3 is 9.64 Å². The molecule has 0 fully saturated rings. The zero-order chi connectivity index (χ0) is 26.6. The number of hydrogen-bond acceptors (Lipinski definition) is 6. The molecule has 5 rings (SSSR count). The fourth-order valence-corrected chi connectivity index (χ4v) is 4.76. The predicted octanol–water partition coefficient (Wildman–Crippen LogP) is 4.84. The number of aromatic nitrogens is 1. The number of ether oxygens (including phenoxy) is 1. The van der Waals surface area contributed by atoms with Crippen LogP contribution in [0.4, 0.5) is 9.52 Å². The number of carbonyl (C=O) groups is 3. The van der Waals surface area contributed by atoms with Crippen molar-refractivity contribution >= 4 is 34.6 Å². The molecular formula is C29H20FN3O4S. The van der Waals surface area contributed by atoms with Gasteiger partial charge in [-0.3, -0.25) is 19.7 Å². The topological polar surface area (TPSA) is 88.6 Å². The first kappa shape index (κ1) is 24.9. The fourth-order valence-electron chi connectivity index (χ4n) is 4.23. The molecule has 0 spiro atoms. The number of nitrogens with one attached hydrogen (secondary N) is 1. The van der Waals surface area contributed by atoms with Crippen molar-refractivity contribution < 1.29 is 23.5 Å². The highest BCUT2D eigenvalue weighted by Crippen LogP contribution is 2.37. The lowest BCUT2D eigenvalue weighted by atomic mass is 10.0. The molecular weight excluding hydrogens is 505 g/mol. The molecule has 0 radical (unpaired) electrons. The Labute approximate surface area is 221 Å². The second-order valence-electron chi connectivity index (χ2n) is 8.41. The smallest absolute Gasteiger partial charge is 0.255 e. The summed E-state index contributed by atoms with van der Waals surface area (Å²) < 4.78 is 19.7. The second kappa shape index (κ2) is 10.7. The molecule has 1 aromatic heterocycles. The number of nitrogens with zero attached hydrogens (tertiary/aromatic N) is 2. The number of aldehydes is 1. The molecule has 0 saturated carbocycles. The van der Waals surface area contributed by atoms with E-state index in [0.29, 0.717) is 21.8 Å². The lowest BCUT2D eigenvalue weighted by molar-refractivity contribution is -0.120. The molecule has 7 nitrogen and oxygen atoms in total. The molecule has 188 valence electrons. The van der Waals surface area contributed by atoms with E-state index in [1.807, 2.05) is 0 Å². The number of benzene rings is 3. The van der Waals surface area contributed by atoms with Crippen molar-refractivity contribution in [1.29, 1.82) is 0 Å². The van der Waals surface area contributed by atoms with Gasteiger partial charge in [0.05, 0.1) is 7.11 Å². The Morgan fingerprint density at radius 1 is 1.13 bits per heavy atom. The third-order valence-electron chi connectivity index (χ3n) is 6.05. The lowest BCUT2D eigenvalue weighted by Gasteiger charge is -2.28. The monoisotopic (exact) mass is 525 g/mol. The van der Waals surface area contributed by atoms with E-state index in [1.165, 1.54) is 41.5 Å². The molecule has 1 aliphatic rings. The highest BCUT2D eigenvalue weighted by molar-refractivity contribution is 7.13. The Balaban J connectivity index is 1.48. The summed E-state index contributed by atoms with van der Waals surface area (Å²) in [6.45, 7) is 0.144. The van der Waals surface area contributed by atoms with Crippen LogP contribution in [-0.4, -0.2) is 35.1 Å². The lowest BCUT2D eigenvalue weighted by Crippen LogP contribution is -2.37. The minimum absolute atomic E-state index is 0.144. The quantitative estimate of drug-likeness (QED) is 0.288. The van der Waals surface area contributed by atoms with E-state index in [0.717, 1.165) is 17.4 Å². The van der Waals surface area contributed by atoms with Crippen molar-refractivity contribution in [3.8, 4) is 17.6 Å². The van der Waals surface area contributed by atoms with E-state index in [1.54, 1.807) is 54.0 Å². The van der Waals surface area contributed by atoms with Gasteiger partial charge in [0.25, 0.3) is 11.8 Å². The number of fused-ring (bicyclic) bond motifs is 1. The number of hydrogen-bond donors (Lipinski definition) is 1. The van der Waals surface area contributed by atoms with Gasteiger partial charge in [-0.25, -0.2) is 9.37 Å². The second-order valence-corrected chi connectivity index (χ2v) is 9.30. The maximum atomic E-state index is 14.3. The van der Waals surface area contributed by atoms with E-state index in [2.05, 4.69) is 22.1 Å². The summed E-state index contributed by atoms with van der Waals surface area (Å²) in [6.07, 6.45) is 2.31. The number of anilines is 1. The van der Waals surface area contributed by atoms with Crippen LogP contribution in [0.25, 0.3) is 0 Å². The van der Waals surface area contributed by atoms with Crippen LogP contribution in [0.1, 0.15) is 49.0 Å². The molecule has 1 N–H and O–H groups in total. The van der Waals surface area contributed by atoms with Crippen LogP contribution in [0, 0.1) is 17.7 Å². The SMILES string of the molecule is COc1ccc(F)cc1C(C(=O)Nc1nccs1)N1Cc2ccc(C#Cc3ccc(C=O)cc3)cc2C1=O. The van der Waals surface area contributed by atoms with Crippen LogP contribution in [-0.2, 0) is 11.3 Å². The van der Waals surface area contributed by atoms with Crippen LogP contribution in [0.3, 0.4) is 0 Å². The van der Waals surface area contributed by atoms with Crippen molar-refractivity contribution in [1.82, 2.24) is 9.88 Å². The molecule has 9 heteroatoms. The highest BCUT2D eigenvalue weighted by atomic mass is 32.1. The Hall–Kier alpha value is -4.81. The maximum absolute atomic E-state index is 14.3. The van der Waals surface area contributed by atoms with Gasteiger partial charge in [-0.15, -0.1) is 11.3 Å². The summed E-state index contributed by atoms with van der Waals surface area (Å²) in [5.74, 6) is 4.86. The third kappa shape index (κ3) is 5.03. The Morgan fingerprint density at radius 3 is 2.61 bits per heavy atom. The molecule has 38 heavy (non-hydrogen) atoms. The normalized spacial score (nSPS) is 12.8. The zero-order valence-electron chi connectivity index (χ0n) is 20.1. The number of carbonyl (C=O) groups excluding carboxylic acids is 3. The highest BCUT2D eigenvalue weighted by Gasteiger charge is 2.39. The Morgan fingerprint density at radius 2 is 1.89 bits per heavy atom. The van der Waals surface area contributed by atoms with Gasteiger partial charge in [0.15, 0.2) is 5.13 Å². The minimum Gasteiger partial charge on any atom is -0.496 e.